The van der Waals surface area contributed by atoms with E-state index in [1.807, 2.05) is 37.3 Å². The van der Waals surface area contributed by atoms with E-state index in [2.05, 4.69) is 10.6 Å². The number of nitrogens with one attached hydrogen (secondary N) is 3. The van der Waals surface area contributed by atoms with Crippen molar-refractivity contribution in [3.05, 3.63) is 81.5 Å². The first-order valence-corrected chi connectivity index (χ1v) is 14.2. The minimum absolute atomic E-state index is 0.0842. The fourth-order valence-electron chi connectivity index (χ4n) is 4.78. The molecule has 3 aromatic rings. The molecule has 1 aliphatic heterocycles. The Balaban J connectivity index is 1.40. The van der Waals surface area contributed by atoms with Crippen LogP contribution in [0, 0.1) is 12.3 Å². The maximum atomic E-state index is 15.6. The maximum Gasteiger partial charge on any atom is 0.251 e. The maximum absolute atomic E-state index is 15.6. The number of halogens is 1. The fraction of sp³-hybridized carbons (Fsp3) is 0.333. The number of carbonyl (C=O) groups is 3. The third kappa shape index (κ3) is 7.31. The van der Waals surface area contributed by atoms with Crippen molar-refractivity contribution in [3.8, 4) is 11.5 Å². The molecule has 1 aromatic heterocycles. The summed E-state index contributed by atoms with van der Waals surface area (Å²) in [6, 6.07) is 14.3. The van der Waals surface area contributed by atoms with Crippen LogP contribution in [0.2, 0.25) is 0 Å². The number of nitrogen functional groups attached to an aromatic ring is 1. The molecule has 4 rings (SSSR count). The van der Waals surface area contributed by atoms with Gasteiger partial charge in [0, 0.05) is 34.9 Å². The lowest BCUT2D eigenvalue weighted by Crippen LogP contribution is -2.49. The van der Waals surface area contributed by atoms with Gasteiger partial charge in [-0.3, -0.25) is 19.8 Å². The van der Waals surface area contributed by atoms with Gasteiger partial charge in [-0.2, -0.15) is 0 Å². The minimum atomic E-state index is -1.92. The van der Waals surface area contributed by atoms with E-state index < -0.39 is 42.0 Å². The second-order valence-electron chi connectivity index (χ2n) is 10.3. The molecule has 12 heteroatoms. The molecule has 0 bridgehead atoms. The molecule has 1 fully saturated rings. The van der Waals surface area contributed by atoms with Crippen LogP contribution in [0.5, 0.6) is 11.5 Å². The van der Waals surface area contributed by atoms with Gasteiger partial charge in [-0.15, -0.1) is 11.3 Å². The molecule has 0 saturated carbocycles. The lowest BCUT2D eigenvalue weighted by Gasteiger charge is -2.25. The number of thiophene rings is 1. The number of benzene rings is 2. The van der Waals surface area contributed by atoms with Crippen LogP contribution < -0.4 is 21.1 Å². The van der Waals surface area contributed by atoms with Crippen molar-refractivity contribution >= 4 is 34.9 Å². The van der Waals surface area contributed by atoms with Crippen LogP contribution in [0.3, 0.4) is 0 Å². The summed E-state index contributed by atoms with van der Waals surface area (Å²) in [4.78, 5) is 41.3. The highest BCUT2D eigenvalue weighted by molar-refractivity contribution is 7.10. The van der Waals surface area contributed by atoms with Gasteiger partial charge in [0.2, 0.25) is 11.8 Å². The van der Waals surface area contributed by atoms with E-state index >= 15 is 4.39 Å². The Morgan fingerprint density at radius 3 is 2.57 bits per heavy atom. The fourth-order valence-corrected chi connectivity index (χ4v) is 5.69. The monoisotopic (exact) mass is 595 g/mol. The topological polar surface area (TPSA) is 147 Å². The summed E-state index contributed by atoms with van der Waals surface area (Å²) in [5.41, 5.74) is 5.21. The van der Waals surface area contributed by atoms with Gasteiger partial charge in [0.15, 0.2) is 5.67 Å². The van der Waals surface area contributed by atoms with Crippen molar-refractivity contribution < 1.29 is 28.2 Å². The Kier molecular flexibility index (Phi) is 9.59. The first kappa shape index (κ1) is 30.7. The van der Waals surface area contributed by atoms with E-state index in [9.17, 15) is 14.4 Å². The number of methoxy groups -OCH3 is 1. The molecule has 3 atom stereocenters. The molecule has 0 spiro atoms. The van der Waals surface area contributed by atoms with Crippen molar-refractivity contribution in [1.82, 2.24) is 15.5 Å². The van der Waals surface area contributed by atoms with Crippen LogP contribution >= 0.6 is 11.3 Å². The number of hydrogen-bond donors (Lipinski definition) is 4. The average Bonchev–Trinajstić information content (AvgIpc) is 3.59. The molecule has 222 valence electrons. The zero-order chi connectivity index (χ0) is 30.4. The molecule has 1 saturated heterocycles. The predicted molar refractivity (Wildman–Crippen MR) is 158 cm³/mol. The quantitative estimate of drug-likeness (QED) is 0.196. The summed E-state index contributed by atoms with van der Waals surface area (Å²) in [7, 11) is 1.35. The Bertz CT molecular complexity index is 1470. The Morgan fingerprint density at radius 1 is 1.19 bits per heavy atom. The van der Waals surface area contributed by atoms with E-state index in [4.69, 9.17) is 20.6 Å². The summed E-state index contributed by atoms with van der Waals surface area (Å²) < 4.78 is 26.4. The average molecular weight is 596 g/mol. The van der Waals surface area contributed by atoms with Crippen LogP contribution in [0.15, 0.2) is 60.0 Å². The number of amidine groups is 1. The van der Waals surface area contributed by atoms with Crippen molar-refractivity contribution in [2.45, 2.75) is 38.0 Å². The van der Waals surface area contributed by atoms with Gasteiger partial charge in [0.25, 0.3) is 5.91 Å². The summed E-state index contributed by atoms with van der Waals surface area (Å²) in [5.74, 6) is -0.447. The number of para-hydroxylation sites is 1. The van der Waals surface area contributed by atoms with Gasteiger partial charge >= 0.3 is 0 Å². The lowest BCUT2D eigenvalue weighted by molar-refractivity contribution is -0.138. The van der Waals surface area contributed by atoms with Crippen LogP contribution in [-0.2, 0) is 14.3 Å². The van der Waals surface area contributed by atoms with Gasteiger partial charge in [-0.05, 0) is 55.8 Å². The molecule has 2 heterocycles. The number of likely N-dealkylation sites (tertiary alicyclic amines) is 1. The van der Waals surface area contributed by atoms with Gasteiger partial charge in [-0.25, -0.2) is 4.39 Å². The SMILES string of the molecule is COC[C@@]1(F)C[C@@H](C(=O)NC(C)c2cc(C(=N)N)cs2)N(C(=O)CNC(=O)c2ccc(Oc3ccccc3)c(C)c2)C1. The third-order valence-corrected chi connectivity index (χ3v) is 8.06. The zero-order valence-electron chi connectivity index (χ0n) is 23.6. The summed E-state index contributed by atoms with van der Waals surface area (Å²) in [5, 5.41) is 14.7. The van der Waals surface area contributed by atoms with Gasteiger partial charge in [0.1, 0.15) is 23.4 Å². The molecule has 1 aliphatic rings. The molecule has 10 nitrogen and oxygen atoms in total. The van der Waals surface area contributed by atoms with E-state index in [0.29, 0.717) is 22.6 Å². The first-order chi connectivity index (χ1) is 20.0. The summed E-state index contributed by atoms with van der Waals surface area (Å²) in [6.07, 6.45) is -0.246. The highest BCUT2D eigenvalue weighted by atomic mass is 32.1. The summed E-state index contributed by atoms with van der Waals surface area (Å²) in [6.45, 7) is 2.51. The summed E-state index contributed by atoms with van der Waals surface area (Å²) >= 11 is 1.33. The molecule has 42 heavy (non-hydrogen) atoms. The van der Waals surface area contributed by atoms with Crippen molar-refractivity contribution in [1.29, 1.82) is 5.41 Å². The van der Waals surface area contributed by atoms with Gasteiger partial charge in [0.05, 0.1) is 25.7 Å². The largest absolute Gasteiger partial charge is 0.457 e. The van der Waals surface area contributed by atoms with Crippen LogP contribution in [0.1, 0.15) is 45.7 Å². The second-order valence-corrected chi connectivity index (χ2v) is 11.2. The number of amides is 3. The standard InChI is InChI=1S/C30H34FN5O5S/c1-18-11-20(9-10-24(18)41-22-7-5-4-6-8-22)28(38)34-14-26(37)36-16-30(31,17-40-3)13-23(36)29(39)35-19(2)25-12-21(15-42-25)27(32)33/h4-12,15,19,23H,13-14,16-17H2,1-3H3,(H3,32,33)(H,34,38)(H,35,39)/t19?,23-,30+/m0/s1. The number of aryl methyl sites for hydroxylation is 1. The van der Waals surface area contributed by atoms with E-state index in [-0.39, 0.29) is 25.4 Å². The smallest absolute Gasteiger partial charge is 0.251 e. The van der Waals surface area contributed by atoms with Crippen LogP contribution in [0.25, 0.3) is 0 Å². The molecular formula is C30H34FN5O5S. The van der Waals surface area contributed by atoms with E-state index in [1.165, 1.54) is 18.4 Å². The number of hydrogen-bond acceptors (Lipinski definition) is 7. The van der Waals surface area contributed by atoms with Crippen LogP contribution in [0.4, 0.5) is 4.39 Å². The number of rotatable bonds is 11. The van der Waals surface area contributed by atoms with Gasteiger partial charge < -0.3 is 30.7 Å². The molecule has 0 radical (unpaired) electrons. The van der Waals surface area contributed by atoms with Gasteiger partial charge in [-0.1, -0.05) is 18.2 Å². The first-order valence-electron chi connectivity index (χ1n) is 13.3. The predicted octanol–water partition coefficient (Wildman–Crippen LogP) is 3.70. The third-order valence-electron chi connectivity index (χ3n) is 6.94. The zero-order valence-corrected chi connectivity index (χ0v) is 24.4. The number of nitrogens with zero attached hydrogens (tertiary/aromatic N) is 1. The molecule has 3 amide bonds. The Hall–Kier alpha value is -4.29. The molecule has 1 unspecified atom stereocenters. The number of ether oxygens (including phenoxy) is 2. The van der Waals surface area contributed by atoms with E-state index in [0.717, 1.165) is 15.3 Å². The second kappa shape index (κ2) is 13.1. The van der Waals surface area contributed by atoms with Crippen molar-refractivity contribution in [3.63, 3.8) is 0 Å². The van der Waals surface area contributed by atoms with Crippen molar-refractivity contribution in [2.24, 2.45) is 5.73 Å². The molecular weight excluding hydrogens is 561 g/mol. The highest BCUT2D eigenvalue weighted by Crippen LogP contribution is 2.32. The number of carbonyl (C=O) groups excluding carboxylic acids is 3. The van der Waals surface area contributed by atoms with Crippen LogP contribution in [-0.4, -0.2) is 67.0 Å². The van der Waals surface area contributed by atoms with Crippen molar-refractivity contribution in [2.75, 3.05) is 26.8 Å². The Morgan fingerprint density at radius 2 is 1.93 bits per heavy atom. The molecule has 2 aromatic carbocycles. The van der Waals surface area contributed by atoms with E-state index in [1.54, 1.807) is 36.6 Å². The molecule has 5 N–H and O–H groups in total. The highest BCUT2D eigenvalue weighted by Gasteiger charge is 2.49. The Labute approximate surface area is 247 Å². The number of nitrogens with two attached hydrogens (primary N) is 1. The molecule has 0 aliphatic carbocycles. The minimum Gasteiger partial charge on any atom is -0.457 e. The lowest BCUT2D eigenvalue weighted by atomic mass is 10.0. The number of alkyl halides is 1. The normalized spacial score (nSPS) is 18.8.